The molecule has 0 saturated carbocycles. The number of nitrogens with one attached hydrogen (secondary N) is 1. The Labute approximate surface area is 174 Å². The average molecular weight is 399 g/mol. The van der Waals surface area contributed by atoms with Gasteiger partial charge in [-0.25, -0.2) is 4.98 Å². The summed E-state index contributed by atoms with van der Waals surface area (Å²) in [6, 6.07) is 18.4. The van der Waals surface area contributed by atoms with Crippen molar-refractivity contribution in [3.63, 3.8) is 0 Å². The number of carbonyl (C=O) groups is 2. The molecular weight excluding hydrogens is 378 g/mol. The molecule has 4 rings (SSSR count). The second-order valence-electron chi connectivity index (χ2n) is 7.23. The molecule has 0 radical (unpaired) electrons. The average Bonchev–Trinajstić information content (AvgIpc) is 3.35. The van der Waals surface area contributed by atoms with Crippen LogP contribution in [0.3, 0.4) is 0 Å². The van der Waals surface area contributed by atoms with Gasteiger partial charge in [0, 0.05) is 30.7 Å². The molecule has 1 fully saturated rings. The summed E-state index contributed by atoms with van der Waals surface area (Å²) < 4.78 is 1.90. The van der Waals surface area contributed by atoms with Crippen molar-refractivity contribution in [3.05, 3.63) is 83.9 Å². The molecule has 2 amide bonds. The van der Waals surface area contributed by atoms with E-state index in [0.29, 0.717) is 25.1 Å². The maximum atomic E-state index is 12.7. The number of rotatable bonds is 6. The quantitative estimate of drug-likeness (QED) is 0.688. The maximum absolute atomic E-state index is 12.7. The van der Waals surface area contributed by atoms with Crippen molar-refractivity contribution < 1.29 is 9.59 Å². The fourth-order valence-corrected chi connectivity index (χ4v) is 3.61. The fraction of sp³-hybridized carbons (Fsp3) is 0.217. The predicted octanol–water partition coefficient (Wildman–Crippen LogP) is 2.27. The van der Waals surface area contributed by atoms with Gasteiger partial charge in [0.15, 0.2) is 0 Å². The zero-order valence-electron chi connectivity index (χ0n) is 16.4. The topological polar surface area (TPSA) is 91.0 Å². The zero-order chi connectivity index (χ0) is 20.9. The minimum Gasteiger partial charge on any atom is -0.344 e. The van der Waals surface area contributed by atoms with E-state index in [0.717, 1.165) is 16.9 Å². The zero-order valence-corrected chi connectivity index (χ0v) is 16.4. The van der Waals surface area contributed by atoms with E-state index < -0.39 is 6.04 Å². The van der Waals surface area contributed by atoms with Gasteiger partial charge in [-0.1, -0.05) is 30.3 Å². The van der Waals surface area contributed by atoms with Crippen molar-refractivity contribution in [1.82, 2.24) is 14.9 Å². The highest BCUT2D eigenvalue weighted by Crippen LogP contribution is 2.21. The minimum absolute atomic E-state index is 0.0827. The van der Waals surface area contributed by atoms with Gasteiger partial charge in [-0.05, 0) is 36.2 Å². The van der Waals surface area contributed by atoms with Crippen molar-refractivity contribution in [1.29, 1.82) is 5.26 Å². The third-order valence-corrected chi connectivity index (χ3v) is 5.18. The lowest BCUT2D eigenvalue weighted by Crippen LogP contribution is -2.42. The SMILES string of the molecule is N#Cc1ccc(Cn2cncc2CC(=O)N[C@@H]2CCN(c3ccccc3)C2=O)cc1. The number of para-hydroxylation sites is 1. The summed E-state index contributed by atoms with van der Waals surface area (Å²) >= 11 is 0. The van der Waals surface area contributed by atoms with Crippen molar-refractivity contribution >= 4 is 17.5 Å². The van der Waals surface area contributed by atoms with Gasteiger partial charge in [0.1, 0.15) is 6.04 Å². The van der Waals surface area contributed by atoms with Crippen LogP contribution in [0.4, 0.5) is 5.69 Å². The van der Waals surface area contributed by atoms with Crippen LogP contribution < -0.4 is 10.2 Å². The highest BCUT2D eigenvalue weighted by molar-refractivity contribution is 6.01. The molecule has 1 aliphatic rings. The molecule has 7 nitrogen and oxygen atoms in total. The summed E-state index contributed by atoms with van der Waals surface area (Å²) in [5, 5.41) is 11.8. The number of aromatic nitrogens is 2. The molecule has 2 aromatic carbocycles. The first-order chi connectivity index (χ1) is 14.6. The van der Waals surface area contributed by atoms with Crippen LogP contribution in [0.1, 0.15) is 23.2 Å². The molecule has 1 atom stereocenters. The molecule has 0 spiro atoms. The number of anilines is 1. The lowest BCUT2D eigenvalue weighted by molar-refractivity contribution is -0.126. The molecule has 3 aromatic rings. The second kappa shape index (κ2) is 8.62. The first kappa shape index (κ1) is 19.4. The summed E-state index contributed by atoms with van der Waals surface area (Å²) in [5.41, 5.74) is 3.23. The Morgan fingerprint density at radius 2 is 1.93 bits per heavy atom. The van der Waals surface area contributed by atoms with Gasteiger partial charge in [0.25, 0.3) is 0 Å². The highest BCUT2D eigenvalue weighted by atomic mass is 16.2. The van der Waals surface area contributed by atoms with Crippen LogP contribution in [-0.4, -0.2) is 34.0 Å². The number of hydrogen-bond donors (Lipinski definition) is 1. The lowest BCUT2D eigenvalue weighted by atomic mass is 10.1. The van der Waals surface area contributed by atoms with Crippen molar-refractivity contribution in [2.75, 3.05) is 11.4 Å². The molecule has 30 heavy (non-hydrogen) atoms. The van der Waals surface area contributed by atoms with E-state index >= 15 is 0 Å². The van der Waals surface area contributed by atoms with E-state index in [1.54, 1.807) is 29.6 Å². The largest absolute Gasteiger partial charge is 0.344 e. The van der Waals surface area contributed by atoms with E-state index in [2.05, 4.69) is 16.4 Å². The van der Waals surface area contributed by atoms with Gasteiger partial charge in [0.2, 0.25) is 11.8 Å². The van der Waals surface area contributed by atoms with E-state index in [1.165, 1.54) is 0 Å². The number of nitriles is 1. The summed E-state index contributed by atoms with van der Waals surface area (Å²) in [6.07, 6.45) is 4.07. The third-order valence-electron chi connectivity index (χ3n) is 5.18. The summed E-state index contributed by atoms with van der Waals surface area (Å²) in [4.78, 5) is 31.1. The number of benzene rings is 2. The van der Waals surface area contributed by atoms with E-state index in [1.807, 2.05) is 47.0 Å². The Balaban J connectivity index is 1.36. The molecule has 1 N–H and O–H groups in total. The number of imidazole rings is 1. The number of hydrogen-bond acceptors (Lipinski definition) is 4. The molecule has 0 aliphatic carbocycles. The monoisotopic (exact) mass is 399 g/mol. The minimum atomic E-state index is -0.507. The van der Waals surface area contributed by atoms with Gasteiger partial charge < -0.3 is 14.8 Å². The molecule has 2 heterocycles. The molecule has 0 bridgehead atoms. The molecule has 7 heteroatoms. The Bertz CT molecular complexity index is 1080. The number of amides is 2. The Kier molecular flexibility index (Phi) is 5.57. The van der Waals surface area contributed by atoms with Crippen LogP contribution in [0.25, 0.3) is 0 Å². The molecule has 150 valence electrons. The van der Waals surface area contributed by atoms with Crippen LogP contribution in [0.5, 0.6) is 0 Å². The van der Waals surface area contributed by atoms with Gasteiger partial charge in [-0.15, -0.1) is 0 Å². The standard InChI is InChI=1S/C23H21N5O2/c24-13-17-6-8-18(9-7-17)15-27-16-25-14-20(27)12-22(29)26-21-10-11-28(23(21)30)19-4-2-1-3-5-19/h1-9,14,16,21H,10-12,15H2,(H,26,29)/t21-/m1/s1. The summed E-state index contributed by atoms with van der Waals surface area (Å²) in [5.74, 6) is -0.287. The van der Waals surface area contributed by atoms with Gasteiger partial charge in [-0.3, -0.25) is 9.59 Å². The van der Waals surface area contributed by atoms with Gasteiger partial charge in [-0.2, -0.15) is 5.26 Å². The van der Waals surface area contributed by atoms with Crippen LogP contribution in [0.2, 0.25) is 0 Å². The third kappa shape index (κ3) is 4.23. The predicted molar refractivity (Wildman–Crippen MR) is 112 cm³/mol. The van der Waals surface area contributed by atoms with Crippen molar-refractivity contribution in [2.45, 2.75) is 25.4 Å². The Hall–Kier alpha value is -3.92. The second-order valence-corrected chi connectivity index (χ2v) is 7.23. The summed E-state index contributed by atoms with van der Waals surface area (Å²) in [6.45, 7) is 1.14. The number of nitrogens with zero attached hydrogens (tertiary/aromatic N) is 4. The van der Waals surface area contributed by atoms with Gasteiger partial charge in [0.05, 0.1) is 24.4 Å². The lowest BCUT2D eigenvalue weighted by Gasteiger charge is -2.17. The van der Waals surface area contributed by atoms with Crippen LogP contribution in [0, 0.1) is 11.3 Å². The van der Waals surface area contributed by atoms with E-state index in [9.17, 15) is 9.59 Å². The molecule has 1 aliphatic heterocycles. The Morgan fingerprint density at radius 1 is 1.17 bits per heavy atom. The van der Waals surface area contributed by atoms with Crippen molar-refractivity contribution in [2.24, 2.45) is 0 Å². The number of carbonyl (C=O) groups excluding carboxylic acids is 2. The fourth-order valence-electron chi connectivity index (χ4n) is 3.61. The van der Waals surface area contributed by atoms with Crippen molar-refractivity contribution in [3.8, 4) is 6.07 Å². The highest BCUT2D eigenvalue weighted by Gasteiger charge is 2.33. The smallest absolute Gasteiger partial charge is 0.249 e. The van der Waals surface area contributed by atoms with E-state index in [-0.39, 0.29) is 18.2 Å². The van der Waals surface area contributed by atoms with Crippen LogP contribution >= 0.6 is 0 Å². The normalized spacial score (nSPS) is 15.8. The molecular formula is C23H21N5O2. The van der Waals surface area contributed by atoms with E-state index in [4.69, 9.17) is 5.26 Å². The van der Waals surface area contributed by atoms with Crippen LogP contribution in [-0.2, 0) is 22.6 Å². The summed E-state index contributed by atoms with van der Waals surface area (Å²) in [7, 11) is 0. The maximum Gasteiger partial charge on any atom is 0.249 e. The Morgan fingerprint density at radius 3 is 2.67 bits per heavy atom. The first-order valence-corrected chi connectivity index (χ1v) is 9.78. The first-order valence-electron chi connectivity index (χ1n) is 9.78. The van der Waals surface area contributed by atoms with Crippen LogP contribution in [0.15, 0.2) is 67.1 Å². The molecule has 1 aromatic heterocycles. The molecule has 1 saturated heterocycles. The molecule has 0 unspecified atom stereocenters. The van der Waals surface area contributed by atoms with Gasteiger partial charge >= 0.3 is 0 Å².